The van der Waals surface area contributed by atoms with Crippen molar-refractivity contribution in [2.75, 3.05) is 14.2 Å². The largest absolute Gasteiger partial charge is 0.503 e. The van der Waals surface area contributed by atoms with Gasteiger partial charge in [-0.05, 0) is 50.3 Å². The molecule has 0 bridgehead atoms. The highest BCUT2D eigenvalue weighted by Crippen LogP contribution is 2.40. The number of methoxy groups -OCH3 is 1. The van der Waals surface area contributed by atoms with E-state index in [0.717, 1.165) is 25.7 Å². The normalized spacial score (nSPS) is 20.7. The molecule has 1 aromatic rings. The van der Waals surface area contributed by atoms with Crippen LogP contribution in [0.4, 0.5) is 4.79 Å². The SMILES string of the molecule is COc1cc([C@@H]2NC(=O)N(C)C(C)=C2C(=O)OC2CCCC2)cc(Cl)c1O. The van der Waals surface area contributed by atoms with E-state index in [1.807, 2.05) is 0 Å². The summed E-state index contributed by atoms with van der Waals surface area (Å²) < 4.78 is 10.8. The van der Waals surface area contributed by atoms with Crippen molar-refractivity contribution in [2.24, 2.45) is 0 Å². The Morgan fingerprint density at radius 1 is 1.33 bits per heavy atom. The summed E-state index contributed by atoms with van der Waals surface area (Å²) in [4.78, 5) is 26.6. The monoisotopic (exact) mass is 394 g/mol. The first-order valence-corrected chi connectivity index (χ1v) is 9.23. The van der Waals surface area contributed by atoms with Crippen molar-refractivity contribution in [1.82, 2.24) is 10.2 Å². The van der Waals surface area contributed by atoms with Crippen molar-refractivity contribution < 1.29 is 24.2 Å². The summed E-state index contributed by atoms with van der Waals surface area (Å²) in [5, 5.41) is 12.8. The molecule has 7 nitrogen and oxygen atoms in total. The van der Waals surface area contributed by atoms with Crippen molar-refractivity contribution in [3.8, 4) is 11.5 Å². The smallest absolute Gasteiger partial charge is 0.338 e. The summed E-state index contributed by atoms with van der Waals surface area (Å²) in [7, 11) is 2.99. The molecule has 1 heterocycles. The predicted molar refractivity (Wildman–Crippen MR) is 99.8 cm³/mol. The number of amides is 2. The first-order valence-electron chi connectivity index (χ1n) is 8.85. The van der Waals surface area contributed by atoms with Crippen LogP contribution in [-0.2, 0) is 9.53 Å². The third kappa shape index (κ3) is 3.69. The molecule has 3 rings (SSSR count). The van der Waals surface area contributed by atoms with Crippen molar-refractivity contribution >= 4 is 23.6 Å². The number of hydrogen-bond donors (Lipinski definition) is 2. The molecule has 1 fully saturated rings. The molecule has 0 aromatic heterocycles. The number of halogens is 1. The van der Waals surface area contributed by atoms with Crippen LogP contribution in [0, 0.1) is 0 Å². The zero-order valence-electron chi connectivity index (χ0n) is 15.5. The van der Waals surface area contributed by atoms with Gasteiger partial charge < -0.3 is 24.8 Å². The number of phenolic OH excluding ortho intramolecular Hbond substituents is 1. The molecule has 0 spiro atoms. The van der Waals surface area contributed by atoms with E-state index in [1.165, 1.54) is 18.1 Å². The minimum Gasteiger partial charge on any atom is -0.503 e. The van der Waals surface area contributed by atoms with Gasteiger partial charge in [0.2, 0.25) is 0 Å². The predicted octanol–water partition coefficient (Wildman–Crippen LogP) is 3.51. The highest BCUT2D eigenvalue weighted by Gasteiger charge is 2.37. The van der Waals surface area contributed by atoms with Crippen LogP contribution in [-0.4, -0.2) is 42.3 Å². The van der Waals surface area contributed by atoms with Crippen molar-refractivity contribution in [2.45, 2.75) is 44.8 Å². The second-order valence-corrected chi connectivity index (χ2v) is 7.21. The Morgan fingerprint density at radius 2 is 2.00 bits per heavy atom. The Morgan fingerprint density at radius 3 is 2.63 bits per heavy atom. The van der Waals surface area contributed by atoms with Crippen LogP contribution in [0.5, 0.6) is 11.5 Å². The van der Waals surface area contributed by atoms with Crippen LogP contribution in [0.1, 0.15) is 44.2 Å². The Kier molecular flexibility index (Phi) is 5.51. The number of nitrogens with one attached hydrogen (secondary N) is 1. The van der Waals surface area contributed by atoms with Crippen LogP contribution >= 0.6 is 11.6 Å². The summed E-state index contributed by atoms with van der Waals surface area (Å²) in [6, 6.07) is 1.95. The third-order valence-corrected chi connectivity index (χ3v) is 5.44. The molecule has 0 radical (unpaired) electrons. The van der Waals surface area contributed by atoms with Crippen molar-refractivity contribution in [3.63, 3.8) is 0 Å². The lowest BCUT2D eigenvalue weighted by Gasteiger charge is -2.33. The molecule has 27 heavy (non-hydrogen) atoms. The number of ether oxygens (including phenoxy) is 2. The summed E-state index contributed by atoms with van der Waals surface area (Å²) in [5.74, 6) is -0.496. The molecule has 1 atom stereocenters. The van der Waals surface area contributed by atoms with E-state index in [1.54, 1.807) is 20.0 Å². The summed E-state index contributed by atoms with van der Waals surface area (Å²) >= 11 is 6.10. The van der Waals surface area contributed by atoms with Gasteiger partial charge in [-0.1, -0.05) is 11.6 Å². The van der Waals surface area contributed by atoms with Crippen LogP contribution in [0.3, 0.4) is 0 Å². The maximum atomic E-state index is 12.9. The quantitative estimate of drug-likeness (QED) is 0.763. The second-order valence-electron chi connectivity index (χ2n) is 6.81. The highest BCUT2D eigenvalue weighted by atomic mass is 35.5. The van der Waals surface area contributed by atoms with Gasteiger partial charge in [-0.3, -0.25) is 0 Å². The number of nitrogens with zero attached hydrogens (tertiary/aromatic N) is 1. The number of hydrogen-bond acceptors (Lipinski definition) is 5. The summed E-state index contributed by atoms with van der Waals surface area (Å²) in [6.45, 7) is 1.70. The fraction of sp³-hybridized carbons (Fsp3) is 0.474. The van der Waals surface area contributed by atoms with Crippen LogP contribution < -0.4 is 10.1 Å². The minimum atomic E-state index is -0.755. The standard InChI is InChI=1S/C19H23ClN2O5/c1-10-15(18(24)27-12-6-4-5-7-12)16(21-19(25)22(10)2)11-8-13(20)17(23)14(9-11)26-3/h8-9,12,16,23H,4-7H2,1-3H3,(H,21,25)/t16-/m0/s1. The fourth-order valence-electron chi connectivity index (χ4n) is 3.49. The lowest BCUT2D eigenvalue weighted by Crippen LogP contribution is -2.46. The van der Waals surface area contributed by atoms with Crippen LogP contribution in [0.25, 0.3) is 0 Å². The highest BCUT2D eigenvalue weighted by molar-refractivity contribution is 6.32. The van der Waals surface area contributed by atoms with Crippen LogP contribution in [0.15, 0.2) is 23.4 Å². The molecule has 1 aromatic carbocycles. The van der Waals surface area contributed by atoms with E-state index >= 15 is 0 Å². The molecular formula is C19H23ClN2O5. The van der Waals surface area contributed by atoms with Gasteiger partial charge in [-0.25, -0.2) is 9.59 Å². The molecule has 146 valence electrons. The molecular weight excluding hydrogens is 372 g/mol. The number of esters is 1. The molecule has 0 unspecified atom stereocenters. The maximum absolute atomic E-state index is 12.9. The number of phenols is 1. The zero-order chi connectivity index (χ0) is 19.7. The lowest BCUT2D eigenvalue weighted by molar-refractivity contribution is -0.144. The van der Waals surface area contributed by atoms with Gasteiger partial charge in [0.05, 0.1) is 23.7 Å². The van der Waals surface area contributed by atoms with Gasteiger partial charge in [0.1, 0.15) is 6.10 Å². The number of rotatable bonds is 4. The number of aromatic hydroxyl groups is 1. The fourth-order valence-corrected chi connectivity index (χ4v) is 3.71. The molecule has 1 saturated carbocycles. The van der Waals surface area contributed by atoms with Gasteiger partial charge in [-0.15, -0.1) is 0 Å². The average molecular weight is 395 g/mol. The number of allylic oxidation sites excluding steroid dienone is 1. The first kappa shape index (κ1) is 19.4. The van der Waals surface area contributed by atoms with Crippen LogP contribution in [0.2, 0.25) is 5.02 Å². The van der Waals surface area contributed by atoms with Gasteiger partial charge >= 0.3 is 12.0 Å². The van der Waals surface area contributed by atoms with E-state index in [0.29, 0.717) is 16.8 Å². The molecule has 0 saturated heterocycles. The summed E-state index contributed by atoms with van der Waals surface area (Å²) in [5.41, 5.74) is 1.37. The molecule has 1 aliphatic heterocycles. The second kappa shape index (κ2) is 7.68. The molecule has 1 aliphatic carbocycles. The van der Waals surface area contributed by atoms with E-state index in [-0.39, 0.29) is 28.7 Å². The molecule has 2 amide bonds. The van der Waals surface area contributed by atoms with Gasteiger partial charge in [0, 0.05) is 12.7 Å². The Bertz CT molecular complexity index is 802. The van der Waals surface area contributed by atoms with E-state index < -0.39 is 12.0 Å². The number of benzene rings is 1. The van der Waals surface area contributed by atoms with Crippen molar-refractivity contribution in [1.29, 1.82) is 0 Å². The topological polar surface area (TPSA) is 88.1 Å². The van der Waals surface area contributed by atoms with Gasteiger partial charge in [0.15, 0.2) is 11.5 Å². The molecule has 2 N–H and O–H groups in total. The lowest BCUT2D eigenvalue weighted by atomic mass is 9.94. The minimum absolute atomic E-state index is 0.0682. The van der Waals surface area contributed by atoms with Crippen molar-refractivity contribution in [3.05, 3.63) is 34.0 Å². The zero-order valence-corrected chi connectivity index (χ0v) is 16.3. The Labute approximate surface area is 162 Å². The maximum Gasteiger partial charge on any atom is 0.338 e. The number of carbonyl (C=O) groups excluding carboxylic acids is 2. The Balaban J connectivity index is 2.02. The van der Waals surface area contributed by atoms with E-state index in [4.69, 9.17) is 21.1 Å². The van der Waals surface area contributed by atoms with E-state index in [2.05, 4.69) is 5.32 Å². The Hall–Kier alpha value is -2.41. The summed E-state index contributed by atoms with van der Waals surface area (Å²) in [6.07, 6.45) is 3.69. The third-order valence-electron chi connectivity index (χ3n) is 5.15. The average Bonchev–Trinajstić information content (AvgIpc) is 3.14. The first-order chi connectivity index (χ1) is 12.8. The number of carbonyl (C=O) groups is 2. The van der Waals surface area contributed by atoms with Gasteiger partial charge in [-0.2, -0.15) is 0 Å². The molecule has 2 aliphatic rings. The van der Waals surface area contributed by atoms with E-state index in [9.17, 15) is 14.7 Å². The molecule has 8 heteroatoms. The number of urea groups is 1. The van der Waals surface area contributed by atoms with Gasteiger partial charge in [0.25, 0.3) is 0 Å².